The van der Waals surface area contributed by atoms with Crippen LogP contribution in [0.4, 0.5) is 0 Å². The summed E-state index contributed by atoms with van der Waals surface area (Å²) in [4.78, 5) is 24.5. The second-order valence-corrected chi connectivity index (χ2v) is 4.10. The third kappa shape index (κ3) is 4.18. The monoisotopic (exact) mass is 250 g/mol. The fourth-order valence-corrected chi connectivity index (χ4v) is 1.34. The van der Waals surface area contributed by atoms with Crippen molar-refractivity contribution in [1.29, 1.82) is 0 Å². The molecule has 0 heterocycles. The van der Waals surface area contributed by atoms with Crippen LogP contribution in [-0.4, -0.2) is 44.5 Å². The first-order chi connectivity index (χ1) is 8.54. The predicted octanol–water partition coefficient (Wildman–Crippen LogP) is 0.651. The lowest BCUT2D eigenvalue weighted by Gasteiger charge is -2.11. The van der Waals surface area contributed by atoms with Crippen LogP contribution in [-0.2, 0) is 16.1 Å². The molecule has 0 bridgehead atoms. The highest BCUT2D eigenvalue weighted by Crippen LogP contribution is 2.05. The Labute approximate surface area is 107 Å². The zero-order valence-electron chi connectivity index (χ0n) is 10.9. The van der Waals surface area contributed by atoms with Crippen molar-refractivity contribution in [3.63, 3.8) is 0 Å². The van der Waals surface area contributed by atoms with E-state index in [1.165, 1.54) is 4.90 Å². The standard InChI is InChI=1S/C13H18N2O3/c1-15(2)12(16)8-14-13(17)11-6-4-10(5-7-11)9-18-3/h4-7H,8-9H2,1-3H3,(H,14,17). The minimum atomic E-state index is -0.255. The van der Waals surface area contributed by atoms with Crippen molar-refractivity contribution in [2.24, 2.45) is 0 Å². The lowest BCUT2D eigenvalue weighted by Crippen LogP contribution is -2.36. The van der Waals surface area contributed by atoms with Crippen LogP contribution >= 0.6 is 0 Å². The molecule has 0 atom stereocenters. The zero-order valence-corrected chi connectivity index (χ0v) is 10.9. The molecule has 0 fully saturated rings. The molecule has 1 N–H and O–H groups in total. The van der Waals surface area contributed by atoms with Gasteiger partial charge in [-0.05, 0) is 17.7 Å². The number of benzene rings is 1. The van der Waals surface area contributed by atoms with E-state index in [1.807, 2.05) is 12.1 Å². The minimum absolute atomic E-state index is 0.00561. The molecule has 0 aromatic heterocycles. The SMILES string of the molecule is COCc1ccc(C(=O)NCC(=O)N(C)C)cc1. The van der Waals surface area contributed by atoms with Crippen LogP contribution in [0.15, 0.2) is 24.3 Å². The quantitative estimate of drug-likeness (QED) is 0.834. The summed E-state index contributed by atoms with van der Waals surface area (Å²) in [6, 6.07) is 7.08. The first kappa shape index (κ1) is 14.2. The van der Waals surface area contributed by atoms with Crippen molar-refractivity contribution in [2.45, 2.75) is 6.61 Å². The third-order valence-corrected chi connectivity index (χ3v) is 2.43. The molecular weight excluding hydrogens is 232 g/mol. The third-order valence-electron chi connectivity index (χ3n) is 2.43. The average Bonchev–Trinajstić information content (AvgIpc) is 2.36. The molecule has 0 saturated carbocycles. The number of methoxy groups -OCH3 is 1. The topological polar surface area (TPSA) is 58.6 Å². The lowest BCUT2D eigenvalue weighted by atomic mass is 10.1. The maximum atomic E-state index is 11.7. The maximum absolute atomic E-state index is 11.7. The van der Waals surface area contributed by atoms with Crippen molar-refractivity contribution in [2.75, 3.05) is 27.7 Å². The van der Waals surface area contributed by atoms with E-state index in [2.05, 4.69) is 5.32 Å². The number of carbonyl (C=O) groups excluding carboxylic acids is 2. The number of nitrogens with one attached hydrogen (secondary N) is 1. The molecule has 1 rings (SSSR count). The van der Waals surface area contributed by atoms with Crippen LogP contribution in [0.3, 0.4) is 0 Å². The largest absolute Gasteiger partial charge is 0.380 e. The summed E-state index contributed by atoms with van der Waals surface area (Å²) in [5, 5.41) is 2.57. The Morgan fingerprint density at radius 1 is 1.22 bits per heavy atom. The first-order valence-corrected chi connectivity index (χ1v) is 5.61. The normalized spacial score (nSPS) is 9.94. The summed E-state index contributed by atoms with van der Waals surface area (Å²) in [5.74, 6) is -0.395. The molecule has 0 unspecified atom stereocenters. The molecule has 0 aliphatic heterocycles. The zero-order chi connectivity index (χ0) is 13.5. The summed E-state index contributed by atoms with van der Waals surface area (Å²) >= 11 is 0. The van der Waals surface area contributed by atoms with Gasteiger partial charge in [-0.25, -0.2) is 0 Å². The molecule has 18 heavy (non-hydrogen) atoms. The first-order valence-electron chi connectivity index (χ1n) is 5.61. The van der Waals surface area contributed by atoms with Gasteiger partial charge in [0, 0.05) is 26.8 Å². The van der Waals surface area contributed by atoms with E-state index in [1.54, 1.807) is 33.3 Å². The van der Waals surface area contributed by atoms with E-state index < -0.39 is 0 Å². The van der Waals surface area contributed by atoms with Gasteiger partial charge >= 0.3 is 0 Å². The van der Waals surface area contributed by atoms with E-state index >= 15 is 0 Å². The number of carbonyl (C=O) groups is 2. The Kier molecular flexibility index (Phi) is 5.32. The van der Waals surface area contributed by atoms with E-state index in [-0.39, 0.29) is 18.4 Å². The highest BCUT2D eigenvalue weighted by Gasteiger charge is 2.08. The minimum Gasteiger partial charge on any atom is -0.380 e. The molecule has 0 aliphatic carbocycles. The van der Waals surface area contributed by atoms with Gasteiger partial charge in [0.05, 0.1) is 13.2 Å². The smallest absolute Gasteiger partial charge is 0.251 e. The van der Waals surface area contributed by atoms with Crippen molar-refractivity contribution >= 4 is 11.8 Å². The van der Waals surface area contributed by atoms with Gasteiger partial charge in [-0.2, -0.15) is 0 Å². The fourth-order valence-electron chi connectivity index (χ4n) is 1.34. The van der Waals surface area contributed by atoms with Crippen molar-refractivity contribution in [1.82, 2.24) is 10.2 Å². The second kappa shape index (κ2) is 6.76. The lowest BCUT2D eigenvalue weighted by molar-refractivity contribution is -0.127. The number of ether oxygens (including phenoxy) is 1. The van der Waals surface area contributed by atoms with Gasteiger partial charge in [-0.15, -0.1) is 0 Å². The number of rotatable bonds is 5. The molecule has 0 radical (unpaired) electrons. The molecule has 0 aliphatic rings. The van der Waals surface area contributed by atoms with Gasteiger partial charge in [0.1, 0.15) is 0 Å². The van der Waals surface area contributed by atoms with Crippen molar-refractivity contribution < 1.29 is 14.3 Å². The molecule has 1 aromatic rings. The summed E-state index contributed by atoms with van der Waals surface area (Å²) in [6.07, 6.45) is 0. The number of nitrogens with zero attached hydrogens (tertiary/aromatic N) is 1. The molecule has 1 aromatic carbocycles. The Morgan fingerprint density at radius 2 is 1.83 bits per heavy atom. The van der Waals surface area contributed by atoms with Crippen LogP contribution in [0, 0.1) is 0 Å². The van der Waals surface area contributed by atoms with Crippen LogP contribution < -0.4 is 5.32 Å². The Hall–Kier alpha value is -1.88. The van der Waals surface area contributed by atoms with Gasteiger partial charge in [0.15, 0.2) is 0 Å². The summed E-state index contributed by atoms with van der Waals surface area (Å²) in [5.41, 5.74) is 1.53. The van der Waals surface area contributed by atoms with Crippen LogP contribution in [0.1, 0.15) is 15.9 Å². The molecule has 5 nitrogen and oxygen atoms in total. The predicted molar refractivity (Wildman–Crippen MR) is 68.2 cm³/mol. The Morgan fingerprint density at radius 3 is 2.33 bits per heavy atom. The highest BCUT2D eigenvalue weighted by molar-refractivity contribution is 5.96. The van der Waals surface area contributed by atoms with E-state index in [0.29, 0.717) is 12.2 Å². The average molecular weight is 250 g/mol. The number of likely N-dealkylation sites (N-methyl/N-ethyl adjacent to an activating group) is 1. The van der Waals surface area contributed by atoms with E-state index in [0.717, 1.165) is 5.56 Å². The Bertz CT molecular complexity index is 413. The van der Waals surface area contributed by atoms with Gasteiger partial charge in [0.25, 0.3) is 5.91 Å². The maximum Gasteiger partial charge on any atom is 0.251 e. The Balaban J connectivity index is 2.54. The van der Waals surface area contributed by atoms with Crippen molar-refractivity contribution in [3.8, 4) is 0 Å². The van der Waals surface area contributed by atoms with Gasteiger partial charge in [-0.1, -0.05) is 12.1 Å². The van der Waals surface area contributed by atoms with E-state index in [4.69, 9.17) is 4.74 Å². The molecule has 0 spiro atoms. The molecule has 98 valence electrons. The number of hydrogen-bond donors (Lipinski definition) is 1. The highest BCUT2D eigenvalue weighted by atomic mass is 16.5. The molecule has 0 saturated heterocycles. The second-order valence-electron chi connectivity index (χ2n) is 4.10. The molecular formula is C13H18N2O3. The number of amides is 2. The summed E-state index contributed by atoms with van der Waals surface area (Å²) in [6.45, 7) is 0.521. The van der Waals surface area contributed by atoms with Crippen LogP contribution in [0.5, 0.6) is 0 Å². The molecule has 5 heteroatoms. The summed E-state index contributed by atoms with van der Waals surface area (Å²) in [7, 11) is 4.91. The summed E-state index contributed by atoms with van der Waals surface area (Å²) < 4.78 is 4.98. The van der Waals surface area contributed by atoms with Crippen LogP contribution in [0.25, 0.3) is 0 Å². The van der Waals surface area contributed by atoms with Gasteiger partial charge < -0.3 is 15.0 Å². The van der Waals surface area contributed by atoms with Crippen molar-refractivity contribution in [3.05, 3.63) is 35.4 Å². The molecule has 2 amide bonds. The van der Waals surface area contributed by atoms with Crippen LogP contribution in [0.2, 0.25) is 0 Å². The number of hydrogen-bond acceptors (Lipinski definition) is 3. The fraction of sp³-hybridized carbons (Fsp3) is 0.385. The van der Waals surface area contributed by atoms with E-state index in [9.17, 15) is 9.59 Å². The van der Waals surface area contributed by atoms with Gasteiger partial charge in [-0.3, -0.25) is 9.59 Å². The van der Waals surface area contributed by atoms with Gasteiger partial charge in [0.2, 0.25) is 5.91 Å².